The first-order valence-electron chi connectivity index (χ1n) is 11.7. The van der Waals surface area contributed by atoms with Crippen LogP contribution < -0.4 is 10.9 Å². The average Bonchev–Trinajstić information content (AvgIpc) is 2.91. The predicted molar refractivity (Wildman–Crippen MR) is 132 cm³/mol. The largest absolute Gasteiger partial charge is 0.383 e. The van der Waals surface area contributed by atoms with Crippen molar-refractivity contribution < 1.29 is 14.0 Å². The molecule has 2 aromatic heterocycles. The van der Waals surface area contributed by atoms with Crippen molar-refractivity contribution in [3.8, 4) is 0 Å². The van der Waals surface area contributed by atoms with E-state index in [1.54, 1.807) is 28.0 Å². The lowest BCUT2D eigenvalue weighted by Gasteiger charge is -2.35. The van der Waals surface area contributed by atoms with Gasteiger partial charge in [0.1, 0.15) is 11.0 Å². The molecule has 4 heterocycles. The molecule has 186 valence electrons. The number of benzene rings is 1. The SMILES string of the molecule is O=C(c1cc(Cc2n[nH]c(=O)c3c2NCCC3)ccc1F)N1CCN(C(=O)c2cccnc2Cl)CC1. The number of hydrogen-bond acceptors (Lipinski definition) is 6. The Morgan fingerprint density at radius 3 is 2.50 bits per heavy atom. The van der Waals surface area contributed by atoms with Crippen LogP contribution in [0.3, 0.4) is 0 Å². The number of pyridine rings is 1. The van der Waals surface area contributed by atoms with Crippen molar-refractivity contribution in [2.75, 3.05) is 38.0 Å². The minimum absolute atomic E-state index is 0.0335. The maximum atomic E-state index is 14.7. The van der Waals surface area contributed by atoms with Gasteiger partial charge in [0.05, 0.1) is 22.5 Å². The number of carbonyl (C=O) groups is 2. The fourth-order valence-corrected chi connectivity index (χ4v) is 4.82. The molecule has 1 saturated heterocycles. The van der Waals surface area contributed by atoms with E-state index in [9.17, 15) is 18.8 Å². The van der Waals surface area contributed by atoms with E-state index in [0.29, 0.717) is 48.3 Å². The third-order valence-electron chi connectivity index (χ3n) is 6.54. The Bertz CT molecular complexity index is 1390. The van der Waals surface area contributed by atoms with Crippen LogP contribution in [0.4, 0.5) is 10.1 Å². The molecule has 36 heavy (non-hydrogen) atoms. The molecule has 2 aliphatic heterocycles. The van der Waals surface area contributed by atoms with Crippen LogP contribution in [0.1, 0.15) is 44.0 Å². The summed E-state index contributed by atoms with van der Waals surface area (Å²) < 4.78 is 14.7. The van der Waals surface area contributed by atoms with Crippen LogP contribution in [0.25, 0.3) is 0 Å². The summed E-state index contributed by atoms with van der Waals surface area (Å²) in [5.74, 6) is -1.30. The van der Waals surface area contributed by atoms with Crippen LogP contribution in [0.5, 0.6) is 0 Å². The van der Waals surface area contributed by atoms with Gasteiger partial charge < -0.3 is 15.1 Å². The quantitative estimate of drug-likeness (QED) is 0.522. The number of nitrogens with zero attached hydrogens (tertiary/aromatic N) is 4. The van der Waals surface area contributed by atoms with E-state index in [1.165, 1.54) is 18.3 Å². The van der Waals surface area contributed by atoms with Gasteiger partial charge in [-0.2, -0.15) is 5.10 Å². The Kier molecular flexibility index (Phi) is 6.69. The maximum Gasteiger partial charge on any atom is 0.269 e. The Labute approximate surface area is 211 Å². The Morgan fingerprint density at radius 1 is 1.06 bits per heavy atom. The molecular weight excluding hydrogens is 487 g/mol. The molecule has 5 rings (SSSR count). The number of nitrogens with one attached hydrogen (secondary N) is 2. The van der Waals surface area contributed by atoms with Crippen molar-refractivity contribution in [1.82, 2.24) is 25.0 Å². The van der Waals surface area contributed by atoms with Gasteiger partial charge in [-0.1, -0.05) is 17.7 Å². The highest BCUT2D eigenvalue weighted by Gasteiger charge is 2.28. The Balaban J connectivity index is 1.29. The second-order valence-corrected chi connectivity index (χ2v) is 9.16. The summed E-state index contributed by atoms with van der Waals surface area (Å²) in [6, 6.07) is 7.68. The topological polar surface area (TPSA) is 111 Å². The predicted octanol–water partition coefficient (Wildman–Crippen LogP) is 2.50. The van der Waals surface area contributed by atoms with Crippen LogP contribution in [-0.2, 0) is 12.8 Å². The molecule has 1 fully saturated rings. The van der Waals surface area contributed by atoms with Crippen LogP contribution in [0.2, 0.25) is 5.15 Å². The normalized spacial score (nSPS) is 15.3. The van der Waals surface area contributed by atoms with Gasteiger partial charge in [0.15, 0.2) is 0 Å². The molecule has 0 unspecified atom stereocenters. The molecular formula is C25H24ClFN6O3. The van der Waals surface area contributed by atoms with Crippen LogP contribution in [-0.4, -0.2) is 69.5 Å². The molecule has 0 atom stereocenters. The van der Waals surface area contributed by atoms with E-state index in [1.807, 2.05) is 0 Å². The summed E-state index contributed by atoms with van der Waals surface area (Å²) in [6.45, 7) is 1.89. The lowest BCUT2D eigenvalue weighted by Crippen LogP contribution is -2.50. The number of aromatic amines is 1. The minimum Gasteiger partial charge on any atom is -0.383 e. The van der Waals surface area contributed by atoms with Crippen LogP contribution in [0, 0.1) is 5.82 Å². The second kappa shape index (κ2) is 10.1. The molecule has 2 N–H and O–H groups in total. The average molecular weight is 511 g/mol. The minimum atomic E-state index is -0.612. The molecule has 1 aromatic carbocycles. The van der Waals surface area contributed by atoms with Gasteiger partial charge in [0.25, 0.3) is 17.4 Å². The van der Waals surface area contributed by atoms with Crippen molar-refractivity contribution in [1.29, 1.82) is 0 Å². The number of anilines is 1. The summed E-state index contributed by atoms with van der Waals surface area (Å²) in [6.07, 6.45) is 3.38. The van der Waals surface area contributed by atoms with E-state index < -0.39 is 11.7 Å². The fraction of sp³-hybridized carbons (Fsp3) is 0.320. The molecule has 9 nitrogen and oxygen atoms in total. The van der Waals surface area contributed by atoms with Crippen LogP contribution in [0.15, 0.2) is 41.3 Å². The van der Waals surface area contributed by atoms with Gasteiger partial charge in [0, 0.05) is 50.9 Å². The number of aromatic nitrogens is 3. The van der Waals surface area contributed by atoms with Crippen molar-refractivity contribution in [3.05, 3.63) is 85.8 Å². The Morgan fingerprint density at radius 2 is 1.78 bits per heavy atom. The van der Waals surface area contributed by atoms with E-state index in [4.69, 9.17) is 11.6 Å². The zero-order valence-corrected chi connectivity index (χ0v) is 20.1. The first-order chi connectivity index (χ1) is 17.4. The summed E-state index contributed by atoms with van der Waals surface area (Å²) in [5.41, 5.74) is 2.81. The lowest BCUT2D eigenvalue weighted by atomic mass is 9.99. The monoisotopic (exact) mass is 510 g/mol. The summed E-state index contributed by atoms with van der Waals surface area (Å²) in [5, 5.41) is 10.1. The van der Waals surface area contributed by atoms with Crippen molar-refractivity contribution in [2.45, 2.75) is 19.3 Å². The zero-order valence-electron chi connectivity index (χ0n) is 19.4. The first kappa shape index (κ1) is 23.9. The molecule has 0 saturated carbocycles. The Hall–Kier alpha value is -3.79. The first-order valence-corrected chi connectivity index (χ1v) is 12.1. The zero-order chi connectivity index (χ0) is 25.2. The van der Waals surface area contributed by atoms with Gasteiger partial charge in [0.2, 0.25) is 0 Å². The van der Waals surface area contributed by atoms with E-state index >= 15 is 0 Å². The number of halogens is 2. The van der Waals surface area contributed by atoms with Crippen LogP contribution >= 0.6 is 11.6 Å². The fourth-order valence-electron chi connectivity index (χ4n) is 4.62. The highest BCUT2D eigenvalue weighted by atomic mass is 35.5. The molecule has 3 aromatic rings. The molecule has 2 aliphatic rings. The number of H-pyrrole nitrogens is 1. The molecule has 0 bridgehead atoms. The molecule has 11 heteroatoms. The highest BCUT2D eigenvalue weighted by Crippen LogP contribution is 2.25. The van der Waals surface area contributed by atoms with E-state index in [0.717, 1.165) is 18.7 Å². The van der Waals surface area contributed by atoms with Gasteiger partial charge in [-0.25, -0.2) is 14.5 Å². The number of carbonyl (C=O) groups excluding carboxylic acids is 2. The van der Waals surface area contributed by atoms with E-state index in [-0.39, 0.29) is 35.3 Å². The third kappa shape index (κ3) is 4.68. The number of hydrogen-bond donors (Lipinski definition) is 2. The maximum absolute atomic E-state index is 14.7. The summed E-state index contributed by atoms with van der Waals surface area (Å²) in [4.78, 5) is 45.1. The van der Waals surface area contributed by atoms with Gasteiger partial charge >= 0.3 is 0 Å². The second-order valence-electron chi connectivity index (χ2n) is 8.80. The highest BCUT2D eigenvalue weighted by molar-refractivity contribution is 6.32. The standard InChI is InChI=1S/C25H24ClFN6O3/c26-22-17(4-2-8-29-22)24(35)32-9-11-33(12-10-32)25(36)18-13-15(5-6-19(18)27)14-20-21-16(3-1-7-28-21)23(34)31-30-20/h2,4-6,8,13,28H,1,3,7,9-12,14H2,(H,31,34). The van der Waals surface area contributed by atoms with Gasteiger partial charge in [-0.3, -0.25) is 14.4 Å². The number of fused-ring (bicyclic) bond motifs is 1. The van der Waals surface area contributed by atoms with Crippen molar-refractivity contribution in [2.24, 2.45) is 0 Å². The smallest absolute Gasteiger partial charge is 0.269 e. The third-order valence-corrected chi connectivity index (χ3v) is 6.84. The summed E-state index contributed by atoms with van der Waals surface area (Å²) in [7, 11) is 0. The number of rotatable bonds is 4. The summed E-state index contributed by atoms with van der Waals surface area (Å²) >= 11 is 6.04. The number of amides is 2. The molecule has 0 aliphatic carbocycles. The van der Waals surface area contributed by atoms with Gasteiger partial charge in [-0.05, 0) is 42.7 Å². The van der Waals surface area contributed by atoms with E-state index in [2.05, 4.69) is 20.5 Å². The number of piperazine rings is 1. The molecule has 0 spiro atoms. The molecule has 0 radical (unpaired) electrons. The van der Waals surface area contributed by atoms with Crippen molar-refractivity contribution in [3.63, 3.8) is 0 Å². The van der Waals surface area contributed by atoms with Crippen molar-refractivity contribution >= 4 is 29.1 Å². The molecule has 2 amide bonds. The van der Waals surface area contributed by atoms with Gasteiger partial charge in [-0.15, -0.1) is 0 Å². The lowest BCUT2D eigenvalue weighted by molar-refractivity contribution is 0.0532.